The van der Waals surface area contributed by atoms with Gasteiger partial charge in [-0.3, -0.25) is 4.79 Å². The molecule has 0 aromatic heterocycles. The summed E-state index contributed by atoms with van der Waals surface area (Å²) in [5.41, 5.74) is 2.36. The van der Waals surface area contributed by atoms with Crippen molar-refractivity contribution in [3.05, 3.63) is 90.0 Å². The van der Waals surface area contributed by atoms with Gasteiger partial charge in [0.2, 0.25) is 5.91 Å². The molecule has 3 aromatic rings. The molecule has 0 radical (unpaired) electrons. The molecule has 0 N–H and O–H groups in total. The molecule has 0 bridgehead atoms. The Morgan fingerprint density at radius 2 is 1.55 bits per heavy atom. The van der Waals surface area contributed by atoms with E-state index in [0.29, 0.717) is 24.5 Å². The second-order valence-electron chi connectivity index (χ2n) is 7.26. The molecule has 3 aromatic carbocycles. The third-order valence-electron chi connectivity index (χ3n) is 4.91. The number of ether oxygens (including phenoxy) is 1. The number of amides is 1. The average molecular weight is 438 g/mol. The van der Waals surface area contributed by atoms with E-state index >= 15 is 0 Å². The van der Waals surface area contributed by atoms with Crippen molar-refractivity contribution in [3.63, 3.8) is 0 Å². The molecule has 31 heavy (non-hydrogen) atoms. The fourth-order valence-corrected chi connectivity index (χ4v) is 4.58. The zero-order valence-corrected chi connectivity index (χ0v) is 18.6. The minimum Gasteiger partial charge on any atom is -0.494 e. The van der Waals surface area contributed by atoms with Crippen molar-refractivity contribution in [1.29, 1.82) is 0 Å². The molecule has 0 fully saturated rings. The minimum absolute atomic E-state index is 0.0491. The standard InChI is InChI=1S/C25H27NO4S/c1-3-21-13-15-22(16-14-21)26(31(28,29)24-17-11-20(2)12-18-24)25(27)10-7-19-30-23-8-5-4-6-9-23/h4-6,8-9,11-18H,3,7,10,19H2,1-2H3. The van der Waals surface area contributed by atoms with Crippen LogP contribution < -0.4 is 9.04 Å². The fourth-order valence-electron chi connectivity index (χ4n) is 3.13. The Bertz CT molecular complexity index is 1090. The Balaban J connectivity index is 1.80. The Morgan fingerprint density at radius 1 is 0.903 bits per heavy atom. The second kappa shape index (κ2) is 10.3. The summed E-state index contributed by atoms with van der Waals surface area (Å²) in [6, 6.07) is 22.9. The van der Waals surface area contributed by atoms with Gasteiger partial charge in [0.25, 0.3) is 10.0 Å². The van der Waals surface area contributed by atoms with Crippen LogP contribution in [0.2, 0.25) is 0 Å². The molecule has 0 saturated heterocycles. The lowest BCUT2D eigenvalue weighted by Crippen LogP contribution is -2.37. The summed E-state index contributed by atoms with van der Waals surface area (Å²) in [5, 5.41) is 0. The van der Waals surface area contributed by atoms with Gasteiger partial charge in [0.05, 0.1) is 17.2 Å². The molecule has 3 rings (SSSR count). The Kier molecular flexibility index (Phi) is 7.47. The maximum absolute atomic E-state index is 13.4. The largest absolute Gasteiger partial charge is 0.494 e. The van der Waals surface area contributed by atoms with Gasteiger partial charge in [-0.05, 0) is 61.7 Å². The Morgan fingerprint density at radius 3 is 2.16 bits per heavy atom. The molecule has 0 aliphatic rings. The number of nitrogens with zero attached hydrogens (tertiary/aromatic N) is 1. The van der Waals surface area contributed by atoms with Crippen molar-refractivity contribution in [1.82, 2.24) is 0 Å². The van der Waals surface area contributed by atoms with Crippen LogP contribution in [0.3, 0.4) is 0 Å². The van der Waals surface area contributed by atoms with E-state index < -0.39 is 15.9 Å². The van der Waals surface area contributed by atoms with E-state index in [1.807, 2.05) is 56.3 Å². The number of carbonyl (C=O) groups excluding carboxylic acids is 1. The lowest BCUT2D eigenvalue weighted by molar-refractivity contribution is -0.117. The molecular weight excluding hydrogens is 410 g/mol. The van der Waals surface area contributed by atoms with Crippen LogP contribution >= 0.6 is 0 Å². The quantitative estimate of drug-likeness (QED) is 0.435. The molecule has 6 heteroatoms. The van der Waals surface area contributed by atoms with Gasteiger partial charge in [-0.15, -0.1) is 0 Å². The number of anilines is 1. The predicted molar refractivity (Wildman–Crippen MR) is 123 cm³/mol. The van der Waals surface area contributed by atoms with Crippen LogP contribution in [0.4, 0.5) is 5.69 Å². The van der Waals surface area contributed by atoms with E-state index in [1.54, 1.807) is 24.3 Å². The maximum atomic E-state index is 13.4. The number of hydrogen-bond acceptors (Lipinski definition) is 4. The van der Waals surface area contributed by atoms with Crippen LogP contribution in [0, 0.1) is 6.92 Å². The number of para-hydroxylation sites is 1. The zero-order chi connectivity index (χ0) is 22.3. The van der Waals surface area contributed by atoms with Gasteiger partial charge >= 0.3 is 0 Å². The number of sulfonamides is 1. The smallest absolute Gasteiger partial charge is 0.270 e. The summed E-state index contributed by atoms with van der Waals surface area (Å²) in [6.45, 7) is 4.23. The minimum atomic E-state index is -4.04. The van der Waals surface area contributed by atoms with Crippen molar-refractivity contribution in [3.8, 4) is 5.75 Å². The molecular formula is C25H27NO4S. The average Bonchev–Trinajstić information content (AvgIpc) is 2.78. The van der Waals surface area contributed by atoms with Gasteiger partial charge in [0.15, 0.2) is 0 Å². The van der Waals surface area contributed by atoms with E-state index in [0.717, 1.165) is 21.9 Å². The molecule has 0 saturated carbocycles. The molecule has 0 spiro atoms. The number of carbonyl (C=O) groups is 1. The van der Waals surface area contributed by atoms with Gasteiger partial charge in [0.1, 0.15) is 5.75 Å². The van der Waals surface area contributed by atoms with E-state index in [-0.39, 0.29) is 11.3 Å². The normalized spacial score (nSPS) is 11.2. The highest BCUT2D eigenvalue weighted by Crippen LogP contribution is 2.26. The first-order chi connectivity index (χ1) is 14.9. The van der Waals surface area contributed by atoms with Gasteiger partial charge < -0.3 is 4.74 Å². The highest BCUT2D eigenvalue weighted by molar-refractivity contribution is 7.93. The number of rotatable bonds is 9. The molecule has 162 valence electrons. The first kappa shape index (κ1) is 22.6. The van der Waals surface area contributed by atoms with Crippen LogP contribution in [-0.4, -0.2) is 20.9 Å². The first-order valence-corrected chi connectivity index (χ1v) is 11.8. The Labute approximate surface area is 184 Å². The maximum Gasteiger partial charge on any atom is 0.270 e. The summed E-state index contributed by atoms with van der Waals surface area (Å²) >= 11 is 0. The molecule has 0 aliphatic carbocycles. The van der Waals surface area contributed by atoms with Crippen molar-refractivity contribution in [2.45, 2.75) is 38.0 Å². The highest BCUT2D eigenvalue weighted by Gasteiger charge is 2.30. The van der Waals surface area contributed by atoms with Gasteiger partial charge in [-0.25, -0.2) is 12.7 Å². The van der Waals surface area contributed by atoms with Crippen molar-refractivity contribution in [2.75, 3.05) is 10.9 Å². The molecule has 0 heterocycles. The van der Waals surface area contributed by atoms with Crippen LogP contribution in [0.15, 0.2) is 83.8 Å². The van der Waals surface area contributed by atoms with Gasteiger partial charge in [-0.1, -0.05) is 55.0 Å². The molecule has 5 nitrogen and oxygen atoms in total. The summed E-state index contributed by atoms with van der Waals surface area (Å²) in [7, 11) is -4.04. The fraction of sp³-hybridized carbons (Fsp3) is 0.240. The summed E-state index contributed by atoms with van der Waals surface area (Å²) in [5.74, 6) is 0.232. The SMILES string of the molecule is CCc1ccc(N(C(=O)CCCOc2ccccc2)S(=O)(=O)c2ccc(C)cc2)cc1. The summed E-state index contributed by atoms with van der Waals surface area (Å²) in [6.07, 6.45) is 1.28. The molecule has 0 aliphatic heterocycles. The molecule has 0 unspecified atom stereocenters. The topological polar surface area (TPSA) is 63.7 Å². The van der Waals surface area contributed by atoms with Crippen LogP contribution in [-0.2, 0) is 21.2 Å². The lowest BCUT2D eigenvalue weighted by Gasteiger charge is -2.23. The molecule has 0 atom stereocenters. The number of hydrogen-bond donors (Lipinski definition) is 0. The van der Waals surface area contributed by atoms with Crippen LogP contribution in [0.1, 0.15) is 30.9 Å². The zero-order valence-electron chi connectivity index (χ0n) is 17.8. The van der Waals surface area contributed by atoms with Crippen molar-refractivity contribution in [2.24, 2.45) is 0 Å². The predicted octanol–water partition coefficient (Wildman–Crippen LogP) is 5.14. The first-order valence-electron chi connectivity index (χ1n) is 10.3. The second-order valence-corrected chi connectivity index (χ2v) is 9.05. The third-order valence-corrected chi connectivity index (χ3v) is 6.67. The van der Waals surface area contributed by atoms with Gasteiger partial charge in [0, 0.05) is 6.42 Å². The summed E-state index contributed by atoms with van der Waals surface area (Å²) < 4.78 is 33.3. The molecule has 1 amide bonds. The monoisotopic (exact) mass is 437 g/mol. The Hall–Kier alpha value is -3.12. The van der Waals surface area contributed by atoms with Gasteiger partial charge in [-0.2, -0.15) is 0 Å². The number of aryl methyl sites for hydroxylation is 2. The van der Waals surface area contributed by atoms with E-state index in [1.165, 1.54) is 12.1 Å². The van der Waals surface area contributed by atoms with Crippen molar-refractivity contribution >= 4 is 21.6 Å². The summed E-state index contributed by atoms with van der Waals surface area (Å²) in [4.78, 5) is 13.2. The van der Waals surface area contributed by atoms with Crippen LogP contribution in [0.25, 0.3) is 0 Å². The van der Waals surface area contributed by atoms with Crippen molar-refractivity contribution < 1.29 is 17.9 Å². The highest BCUT2D eigenvalue weighted by atomic mass is 32.2. The number of benzene rings is 3. The van der Waals surface area contributed by atoms with E-state index in [9.17, 15) is 13.2 Å². The van der Waals surface area contributed by atoms with Crippen LogP contribution in [0.5, 0.6) is 5.75 Å². The van der Waals surface area contributed by atoms with E-state index in [4.69, 9.17) is 4.74 Å². The van der Waals surface area contributed by atoms with E-state index in [2.05, 4.69) is 0 Å². The lowest BCUT2D eigenvalue weighted by atomic mass is 10.1. The third kappa shape index (κ3) is 5.73.